The minimum absolute atomic E-state index is 0.0151. The van der Waals surface area contributed by atoms with Crippen molar-refractivity contribution in [1.82, 2.24) is 4.90 Å². The lowest BCUT2D eigenvalue weighted by Gasteiger charge is -2.21. The summed E-state index contributed by atoms with van der Waals surface area (Å²) in [5.74, 6) is 0.545. The van der Waals surface area contributed by atoms with Crippen LogP contribution in [-0.2, 0) is 4.79 Å². The Balaban J connectivity index is 1.84. The van der Waals surface area contributed by atoms with Gasteiger partial charge in [-0.25, -0.2) is 4.39 Å². The predicted octanol–water partition coefficient (Wildman–Crippen LogP) is 4.58. The molecule has 0 aliphatic rings. The summed E-state index contributed by atoms with van der Waals surface area (Å²) in [6.07, 6.45) is 0.974. The molecule has 3 nitrogen and oxygen atoms in total. The van der Waals surface area contributed by atoms with Gasteiger partial charge in [0.2, 0.25) is 5.91 Å². The molecule has 0 aliphatic carbocycles. The second-order valence-corrected chi connectivity index (χ2v) is 7.05. The lowest BCUT2D eigenvalue weighted by Crippen LogP contribution is -2.35. The molecule has 5 heteroatoms. The van der Waals surface area contributed by atoms with Gasteiger partial charge in [-0.15, -0.1) is 11.8 Å². The van der Waals surface area contributed by atoms with Crippen molar-refractivity contribution in [2.45, 2.75) is 25.2 Å². The fourth-order valence-electron chi connectivity index (χ4n) is 2.54. The summed E-state index contributed by atoms with van der Waals surface area (Å²) >= 11 is 1.49. The molecule has 0 saturated heterocycles. The Bertz CT molecular complexity index is 693. The second kappa shape index (κ2) is 10.2. The zero-order chi connectivity index (χ0) is 18.1. The van der Waals surface area contributed by atoms with Crippen molar-refractivity contribution < 1.29 is 9.18 Å². The summed E-state index contributed by atoms with van der Waals surface area (Å²) in [6.45, 7) is 6.01. The van der Waals surface area contributed by atoms with Crippen LogP contribution in [0.5, 0.6) is 0 Å². The highest BCUT2D eigenvalue weighted by atomic mass is 32.2. The molecule has 0 atom stereocenters. The molecule has 1 amide bonds. The quantitative estimate of drug-likeness (QED) is 0.665. The molecule has 134 valence electrons. The van der Waals surface area contributed by atoms with Crippen molar-refractivity contribution in [3.8, 4) is 0 Å². The molecule has 0 bridgehead atoms. The van der Waals surface area contributed by atoms with Crippen molar-refractivity contribution in [2.75, 3.05) is 30.7 Å². The number of amides is 1. The Kier molecular flexibility index (Phi) is 7.95. The number of aryl methyl sites for hydroxylation is 1. The molecular weight excluding hydrogens is 335 g/mol. The van der Waals surface area contributed by atoms with E-state index < -0.39 is 0 Å². The van der Waals surface area contributed by atoms with Crippen LogP contribution in [0.2, 0.25) is 0 Å². The molecular formula is C20H25FN2OS. The number of hydrogen-bond acceptors (Lipinski definition) is 3. The molecule has 0 saturated carbocycles. The molecule has 2 aromatic rings. The van der Waals surface area contributed by atoms with Gasteiger partial charge in [0.25, 0.3) is 0 Å². The second-order valence-electron chi connectivity index (χ2n) is 5.92. The molecule has 0 fully saturated rings. The van der Waals surface area contributed by atoms with Gasteiger partial charge in [-0.3, -0.25) is 9.69 Å². The number of para-hydroxylation sites is 1. The summed E-state index contributed by atoms with van der Waals surface area (Å²) in [7, 11) is 0. The Hall–Kier alpha value is -1.85. The van der Waals surface area contributed by atoms with Crippen LogP contribution >= 0.6 is 11.8 Å². The van der Waals surface area contributed by atoms with Crippen LogP contribution in [0, 0.1) is 12.7 Å². The highest BCUT2D eigenvalue weighted by molar-refractivity contribution is 7.99. The topological polar surface area (TPSA) is 32.3 Å². The van der Waals surface area contributed by atoms with Crippen LogP contribution in [0.15, 0.2) is 53.4 Å². The van der Waals surface area contributed by atoms with Gasteiger partial charge in [0.1, 0.15) is 5.82 Å². The number of carbonyl (C=O) groups excluding carboxylic acids is 1. The average molecular weight is 360 g/mol. The SMILES string of the molecule is CCCN(CCSc1ccccc1F)CC(=O)Nc1ccccc1C. The fraction of sp³-hybridized carbons (Fsp3) is 0.350. The van der Waals surface area contributed by atoms with Gasteiger partial charge >= 0.3 is 0 Å². The van der Waals surface area contributed by atoms with Crippen LogP contribution in [0.3, 0.4) is 0 Å². The number of nitrogens with one attached hydrogen (secondary N) is 1. The third-order valence-corrected chi connectivity index (χ3v) is 4.86. The number of anilines is 1. The van der Waals surface area contributed by atoms with Crippen molar-refractivity contribution in [2.24, 2.45) is 0 Å². The third kappa shape index (κ3) is 6.52. The average Bonchev–Trinajstić information content (AvgIpc) is 2.59. The summed E-state index contributed by atoms with van der Waals surface area (Å²) in [5, 5.41) is 2.97. The molecule has 25 heavy (non-hydrogen) atoms. The summed E-state index contributed by atoms with van der Waals surface area (Å²) in [5.41, 5.74) is 1.90. The fourth-order valence-corrected chi connectivity index (χ4v) is 3.49. The first-order chi connectivity index (χ1) is 12.1. The van der Waals surface area contributed by atoms with Crippen molar-refractivity contribution in [1.29, 1.82) is 0 Å². The minimum atomic E-state index is -0.188. The number of nitrogens with zero attached hydrogens (tertiary/aromatic N) is 1. The maximum absolute atomic E-state index is 13.7. The van der Waals surface area contributed by atoms with E-state index in [4.69, 9.17) is 0 Å². The minimum Gasteiger partial charge on any atom is -0.325 e. The molecule has 0 aliphatic heterocycles. The number of hydrogen-bond donors (Lipinski definition) is 1. The standard InChI is InChI=1S/C20H25FN2OS/c1-3-12-23(13-14-25-19-11-7-5-9-17(19)21)15-20(24)22-18-10-6-4-8-16(18)2/h4-11H,3,12-15H2,1-2H3,(H,22,24). The van der Waals surface area contributed by atoms with Crippen LogP contribution in [0.1, 0.15) is 18.9 Å². The van der Waals surface area contributed by atoms with Crippen LogP contribution < -0.4 is 5.32 Å². The van der Waals surface area contributed by atoms with Gasteiger partial charge < -0.3 is 5.32 Å². The molecule has 2 rings (SSSR count). The molecule has 0 aromatic heterocycles. The molecule has 1 N–H and O–H groups in total. The Morgan fingerprint density at radius 1 is 1.12 bits per heavy atom. The monoisotopic (exact) mass is 360 g/mol. The summed E-state index contributed by atoms with van der Waals surface area (Å²) in [6, 6.07) is 14.5. The van der Waals surface area contributed by atoms with E-state index in [1.807, 2.05) is 37.3 Å². The number of halogens is 1. The smallest absolute Gasteiger partial charge is 0.238 e. The van der Waals surface area contributed by atoms with E-state index in [-0.39, 0.29) is 11.7 Å². The van der Waals surface area contributed by atoms with Gasteiger partial charge in [0, 0.05) is 22.9 Å². The normalized spacial score (nSPS) is 10.9. The molecule has 2 aromatic carbocycles. The number of thioether (sulfide) groups is 1. The molecule has 0 unspecified atom stereocenters. The maximum atomic E-state index is 13.7. The van der Waals surface area contributed by atoms with Crippen LogP contribution in [-0.4, -0.2) is 36.2 Å². The first-order valence-corrected chi connectivity index (χ1v) is 9.54. The van der Waals surface area contributed by atoms with Crippen molar-refractivity contribution >= 4 is 23.4 Å². The van der Waals surface area contributed by atoms with Gasteiger partial charge in [0.05, 0.1) is 6.54 Å². The molecule has 0 heterocycles. The largest absolute Gasteiger partial charge is 0.325 e. The van der Waals surface area contributed by atoms with Crippen LogP contribution in [0.4, 0.5) is 10.1 Å². The number of rotatable bonds is 9. The Morgan fingerprint density at radius 3 is 2.56 bits per heavy atom. The first kappa shape index (κ1) is 19.5. The Morgan fingerprint density at radius 2 is 1.84 bits per heavy atom. The van der Waals surface area contributed by atoms with E-state index >= 15 is 0 Å². The highest BCUT2D eigenvalue weighted by Crippen LogP contribution is 2.21. The third-order valence-electron chi connectivity index (χ3n) is 3.83. The Labute approximate surface area is 153 Å². The first-order valence-electron chi connectivity index (χ1n) is 8.55. The molecule has 0 radical (unpaired) electrons. The predicted molar refractivity (Wildman–Crippen MR) is 104 cm³/mol. The van der Waals surface area contributed by atoms with Gasteiger partial charge in [-0.05, 0) is 43.7 Å². The van der Waals surface area contributed by atoms with Gasteiger partial charge in [-0.2, -0.15) is 0 Å². The van der Waals surface area contributed by atoms with E-state index in [2.05, 4.69) is 17.1 Å². The van der Waals surface area contributed by atoms with Gasteiger partial charge in [-0.1, -0.05) is 37.3 Å². The van der Waals surface area contributed by atoms with E-state index in [1.165, 1.54) is 17.8 Å². The van der Waals surface area contributed by atoms with Gasteiger partial charge in [0.15, 0.2) is 0 Å². The number of benzene rings is 2. The lowest BCUT2D eigenvalue weighted by atomic mass is 10.2. The zero-order valence-corrected chi connectivity index (χ0v) is 15.6. The molecule has 0 spiro atoms. The maximum Gasteiger partial charge on any atom is 0.238 e. The zero-order valence-electron chi connectivity index (χ0n) is 14.8. The highest BCUT2D eigenvalue weighted by Gasteiger charge is 2.11. The van der Waals surface area contributed by atoms with E-state index in [9.17, 15) is 9.18 Å². The van der Waals surface area contributed by atoms with Crippen molar-refractivity contribution in [3.05, 3.63) is 59.9 Å². The van der Waals surface area contributed by atoms with Crippen molar-refractivity contribution in [3.63, 3.8) is 0 Å². The van der Waals surface area contributed by atoms with E-state index in [0.717, 1.165) is 36.5 Å². The van der Waals surface area contributed by atoms with E-state index in [1.54, 1.807) is 12.1 Å². The summed E-state index contributed by atoms with van der Waals surface area (Å²) < 4.78 is 13.7. The lowest BCUT2D eigenvalue weighted by molar-refractivity contribution is -0.117. The van der Waals surface area contributed by atoms with E-state index in [0.29, 0.717) is 11.4 Å². The van der Waals surface area contributed by atoms with Crippen LogP contribution in [0.25, 0.3) is 0 Å². The summed E-state index contributed by atoms with van der Waals surface area (Å²) in [4.78, 5) is 15.1. The number of carbonyl (C=O) groups is 1.